The number of nitrogens with one attached hydrogen (secondary N) is 1. The average Bonchev–Trinajstić information content (AvgIpc) is 2.95. The van der Waals surface area contributed by atoms with Crippen LogP contribution in [0.15, 0.2) is 24.3 Å². The molecule has 2 heterocycles. The maximum atomic E-state index is 12.3. The molecule has 26 heavy (non-hydrogen) atoms. The Balaban J connectivity index is 1.67. The zero-order valence-electron chi connectivity index (χ0n) is 15.0. The lowest BCUT2D eigenvalue weighted by atomic mass is 10.1. The Kier molecular flexibility index (Phi) is 5.42. The first-order chi connectivity index (χ1) is 12.3. The zero-order valence-corrected chi connectivity index (χ0v) is 16.7. The van der Waals surface area contributed by atoms with Crippen LogP contribution < -0.4 is 5.32 Å². The van der Waals surface area contributed by atoms with E-state index in [4.69, 9.17) is 0 Å². The SMILES string of the molecule is Cc1cccc(CC(=O)Nc2nc3c(s2)CN(S(=O)(=O)N(C)C)CC3)c1. The van der Waals surface area contributed by atoms with E-state index < -0.39 is 10.2 Å². The van der Waals surface area contributed by atoms with Crippen molar-refractivity contribution in [2.75, 3.05) is 26.0 Å². The van der Waals surface area contributed by atoms with Crippen LogP contribution in [-0.2, 0) is 34.4 Å². The van der Waals surface area contributed by atoms with E-state index in [0.717, 1.165) is 21.7 Å². The predicted molar refractivity (Wildman–Crippen MR) is 102 cm³/mol. The van der Waals surface area contributed by atoms with E-state index in [9.17, 15) is 13.2 Å². The predicted octanol–water partition coefficient (Wildman–Crippen LogP) is 1.80. The highest BCUT2D eigenvalue weighted by molar-refractivity contribution is 7.86. The smallest absolute Gasteiger partial charge is 0.281 e. The Labute approximate surface area is 157 Å². The summed E-state index contributed by atoms with van der Waals surface area (Å²) >= 11 is 1.34. The van der Waals surface area contributed by atoms with Crippen molar-refractivity contribution in [3.8, 4) is 0 Å². The molecule has 3 rings (SSSR count). The van der Waals surface area contributed by atoms with E-state index in [1.165, 1.54) is 34.0 Å². The topological polar surface area (TPSA) is 82.6 Å². The summed E-state index contributed by atoms with van der Waals surface area (Å²) in [6.07, 6.45) is 0.833. The van der Waals surface area contributed by atoms with Gasteiger partial charge in [0.1, 0.15) is 0 Å². The van der Waals surface area contributed by atoms with Crippen molar-refractivity contribution in [1.29, 1.82) is 0 Å². The molecular weight excluding hydrogens is 372 g/mol. The molecule has 7 nitrogen and oxygen atoms in total. The number of aromatic nitrogens is 1. The fraction of sp³-hybridized carbons (Fsp3) is 0.412. The van der Waals surface area contributed by atoms with Gasteiger partial charge in [-0.15, -0.1) is 11.3 Å². The average molecular weight is 395 g/mol. The van der Waals surface area contributed by atoms with Gasteiger partial charge in [-0.05, 0) is 12.5 Å². The monoisotopic (exact) mass is 394 g/mol. The van der Waals surface area contributed by atoms with Gasteiger partial charge in [0.25, 0.3) is 10.2 Å². The Bertz CT molecular complexity index is 922. The molecule has 1 aliphatic heterocycles. The van der Waals surface area contributed by atoms with Gasteiger partial charge in [-0.2, -0.15) is 17.0 Å². The molecule has 9 heteroatoms. The summed E-state index contributed by atoms with van der Waals surface area (Å²) in [5.41, 5.74) is 2.93. The summed E-state index contributed by atoms with van der Waals surface area (Å²) in [5, 5.41) is 3.36. The third-order valence-corrected chi connectivity index (χ3v) is 7.06. The number of hydrogen-bond acceptors (Lipinski definition) is 5. The van der Waals surface area contributed by atoms with Gasteiger partial charge < -0.3 is 5.32 Å². The van der Waals surface area contributed by atoms with Gasteiger partial charge in [0.2, 0.25) is 5.91 Å². The van der Waals surface area contributed by atoms with Gasteiger partial charge in [-0.1, -0.05) is 29.8 Å². The Hall–Kier alpha value is -1.81. The number of fused-ring (bicyclic) bond motifs is 1. The third kappa shape index (κ3) is 4.12. The summed E-state index contributed by atoms with van der Waals surface area (Å²) in [7, 11) is -0.398. The van der Waals surface area contributed by atoms with Crippen molar-refractivity contribution in [3.63, 3.8) is 0 Å². The molecule has 1 amide bonds. The molecule has 1 aromatic heterocycles. The summed E-state index contributed by atoms with van der Waals surface area (Å²) in [6, 6.07) is 7.82. The van der Waals surface area contributed by atoms with E-state index in [-0.39, 0.29) is 12.3 Å². The maximum Gasteiger partial charge on any atom is 0.281 e. The highest BCUT2D eigenvalue weighted by Gasteiger charge is 2.30. The van der Waals surface area contributed by atoms with Crippen LogP contribution in [0.1, 0.15) is 21.7 Å². The minimum absolute atomic E-state index is 0.125. The summed E-state index contributed by atoms with van der Waals surface area (Å²) in [5.74, 6) is -0.125. The van der Waals surface area contributed by atoms with Crippen LogP contribution in [0.25, 0.3) is 0 Å². The number of amides is 1. The second-order valence-corrected chi connectivity index (χ2v) is 9.70. The quantitative estimate of drug-likeness (QED) is 0.838. The number of rotatable bonds is 5. The van der Waals surface area contributed by atoms with Gasteiger partial charge in [0.15, 0.2) is 5.13 Å². The van der Waals surface area contributed by atoms with Gasteiger partial charge in [0.05, 0.1) is 18.7 Å². The van der Waals surface area contributed by atoms with Crippen molar-refractivity contribution in [1.82, 2.24) is 13.6 Å². The molecule has 140 valence electrons. The molecule has 2 aromatic rings. The summed E-state index contributed by atoms with van der Waals surface area (Å²) in [6.45, 7) is 2.68. The highest BCUT2D eigenvalue weighted by atomic mass is 32.2. The van der Waals surface area contributed by atoms with Crippen LogP contribution in [-0.4, -0.2) is 48.6 Å². The minimum Gasteiger partial charge on any atom is -0.302 e. The second kappa shape index (κ2) is 7.43. The Morgan fingerprint density at radius 1 is 1.38 bits per heavy atom. The maximum absolute atomic E-state index is 12.3. The fourth-order valence-electron chi connectivity index (χ4n) is 2.82. The second-order valence-electron chi connectivity index (χ2n) is 6.48. The number of benzene rings is 1. The largest absolute Gasteiger partial charge is 0.302 e. The summed E-state index contributed by atoms with van der Waals surface area (Å²) in [4.78, 5) is 17.6. The Morgan fingerprint density at radius 3 is 2.85 bits per heavy atom. The molecule has 0 unspecified atom stereocenters. The number of hydrogen-bond donors (Lipinski definition) is 1. The van der Waals surface area contributed by atoms with Crippen LogP contribution >= 0.6 is 11.3 Å². The lowest BCUT2D eigenvalue weighted by Crippen LogP contribution is -2.42. The van der Waals surface area contributed by atoms with Crippen LogP contribution in [0.3, 0.4) is 0 Å². The molecule has 1 N–H and O–H groups in total. The van der Waals surface area contributed by atoms with E-state index in [0.29, 0.717) is 24.6 Å². The van der Waals surface area contributed by atoms with E-state index in [1.54, 1.807) is 0 Å². The van der Waals surface area contributed by atoms with Gasteiger partial charge >= 0.3 is 0 Å². The lowest BCUT2D eigenvalue weighted by Gasteiger charge is -2.27. The van der Waals surface area contributed by atoms with Crippen LogP contribution in [0.4, 0.5) is 5.13 Å². The summed E-state index contributed by atoms with van der Waals surface area (Å²) < 4.78 is 27.2. The normalized spacial score (nSPS) is 15.1. The van der Waals surface area contributed by atoms with Gasteiger partial charge in [-0.3, -0.25) is 4.79 Å². The van der Waals surface area contributed by atoms with Crippen LogP contribution in [0.5, 0.6) is 0 Å². The van der Waals surface area contributed by atoms with E-state index in [2.05, 4.69) is 10.3 Å². The minimum atomic E-state index is -3.44. The number of nitrogens with zero attached hydrogens (tertiary/aromatic N) is 3. The first-order valence-corrected chi connectivity index (χ1v) is 10.5. The molecule has 0 saturated heterocycles. The molecule has 0 bridgehead atoms. The standard InChI is InChI=1S/C17H22N4O3S2/c1-12-5-4-6-13(9-12)10-16(22)19-17-18-14-7-8-21(11-15(14)25-17)26(23,24)20(2)3/h4-6,9H,7-8,10-11H2,1-3H3,(H,18,19,22). The number of carbonyl (C=O) groups is 1. The molecule has 0 aliphatic carbocycles. The zero-order chi connectivity index (χ0) is 18.9. The van der Waals surface area contributed by atoms with Gasteiger partial charge in [-0.25, -0.2) is 4.98 Å². The number of aryl methyl sites for hydroxylation is 1. The van der Waals surface area contributed by atoms with Crippen molar-refractivity contribution >= 4 is 32.6 Å². The number of carbonyl (C=O) groups excluding carboxylic acids is 1. The molecule has 0 saturated carbocycles. The van der Waals surface area contributed by atoms with Crippen LogP contribution in [0.2, 0.25) is 0 Å². The molecule has 0 spiro atoms. The van der Waals surface area contributed by atoms with Crippen molar-refractivity contribution in [2.24, 2.45) is 0 Å². The van der Waals surface area contributed by atoms with Gasteiger partial charge in [0, 0.05) is 31.9 Å². The highest BCUT2D eigenvalue weighted by Crippen LogP contribution is 2.29. The van der Waals surface area contributed by atoms with Crippen molar-refractivity contribution in [2.45, 2.75) is 26.3 Å². The molecule has 1 aliphatic rings. The molecule has 1 aromatic carbocycles. The number of anilines is 1. The molecule has 0 atom stereocenters. The molecule has 0 radical (unpaired) electrons. The Morgan fingerprint density at radius 2 is 2.15 bits per heavy atom. The van der Waals surface area contributed by atoms with E-state index in [1.807, 2.05) is 31.2 Å². The number of thiazole rings is 1. The first kappa shape index (κ1) is 19.0. The molecule has 0 fully saturated rings. The fourth-order valence-corrected chi connectivity index (χ4v) is 5.02. The van der Waals surface area contributed by atoms with Crippen molar-refractivity contribution in [3.05, 3.63) is 46.0 Å². The van der Waals surface area contributed by atoms with Crippen LogP contribution in [0, 0.1) is 6.92 Å². The lowest BCUT2D eigenvalue weighted by molar-refractivity contribution is -0.115. The van der Waals surface area contributed by atoms with E-state index >= 15 is 0 Å². The third-order valence-electron chi connectivity index (χ3n) is 4.18. The first-order valence-electron chi connectivity index (χ1n) is 8.27. The van der Waals surface area contributed by atoms with Crippen molar-refractivity contribution < 1.29 is 13.2 Å². The molecular formula is C17H22N4O3S2.